The first-order chi connectivity index (χ1) is 16.6. The summed E-state index contributed by atoms with van der Waals surface area (Å²) in [5.74, 6) is -1.66. The van der Waals surface area contributed by atoms with Crippen molar-refractivity contribution < 1.29 is 24.5 Å². The van der Waals surface area contributed by atoms with Gasteiger partial charge in [0, 0.05) is 13.0 Å². The van der Waals surface area contributed by atoms with Crippen LogP contribution in [0.15, 0.2) is 24.3 Å². The van der Waals surface area contributed by atoms with E-state index in [1.807, 2.05) is 6.92 Å². The van der Waals surface area contributed by atoms with E-state index in [2.05, 4.69) is 31.2 Å². The first kappa shape index (κ1) is 30.9. The molecule has 0 amide bonds. The number of rotatable bonds is 21. The fraction of sp³-hybridized carbons (Fsp3) is 0.828. The topological polar surface area (TPSA) is 76.0 Å². The monoisotopic (exact) mass is 480 g/mol. The molecular weight excluding hydrogens is 428 g/mol. The zero-order valence-corrected chi connectivity index (χ0v) is 22.0. The molecule has 0 aliphatic carbocycles. The molecule has 1 heterocycles. The Morgan fingerprint density at radius 2 is 1.65 bits per heavy atom. The Bertz CT molecular complexity index is 539. The van der Waals surface area contributed by atoms with Gasteiger partial charge in [0.1, 0.15) is 0 Å². The number of carboxylic acids is 1. The fourth-order valence-corrected chi connectivity index (χ4v) is 4.50. The van der Waals surface area contributed by atoms with Crippen molar-refractivity contribution in [3.05, 3.63) is 24.3 Å². The van der Waals surface area contributed by atoms with Gasteiger partial charge in [0.25, 0.3) is 0 Å². The maximum Gasteiger partial charge on any atom is 0.309 e. The summed E-state index contributed by atoms with van der Waals surface area (Å²) in [6.07, 6.45) is 25.7. The van der Waals surface area contributed by atoms with Gasteiger partial charge in [0.05, 0.1) is 18.1 Å². The average molecular weight is 481 g/mol. The summed E-state index contributed by atoms with van der Waals surface area (Å²) in [5, 5.41) is 19.9. The van der Waals surface area contributed by atoms with E-state index in [1.165, 1.54) is 44.9 Å². The second-order valence-electron chi connectivity index (χ2n) is 9.73. The number of aliphatic hydroxyl groups is 1. The van der Waals surface area contributed by atoms with E-state index in [9.17, 15) is 15.0 Å². The minimum absolute atomic E-state index is 0.149. The van der Waals surface area contributed by atoms with E-state index in [4.69, 9.17) is 9.47 Å². The Morgan fingerprint density at radius 1 is 0.971 bits per heavy atom. The van der Waals surface area contributed by atoms with Crippen molar-refractivity contribution in [1.29, 1.82) is 0 Å². The number of hydrogen-bond acceptors (Lipinski definition) is 4. The molecule has 2 N–H and O–H groups in total. The lowest BCUT2D eigenvalue weighted by molar-refractivity contribution is -0.196. The van der Waals surface area contributed by atoms with Crippen LogP contribution in [0.25, 0.3) is 0 Å². The van der Waals surface area contributed by atoms with Gasteiger partial charge >= 0.3 is 5.97 Å². The van der Waals surface area contributed by atoms with Crippen molar-refractivity contribution in [2.45, 2.75) is 141 Å². The van der Waals surface area contributed by atoms with Crippen LogP contribution in [0.2, 0.25) is 0 Å². The van der Waals surface area contributed by atoms with Gasteiger partial charge in [-0.1, -0.05) is 76.7 Å². The first-order valence-electron chi connectivity index (χ1n) is 14.1. The summed E-state index contributed by atoms with van der Waals surface area (Å²) < 4.78 is 11.9. The van der Waals surface area contributed by atoms with E-state index in [0.717, 1.165) is 58.0 Å². The van der Waals surface area contributed by atoms with Gasteiger partial charge in [-0.05, 0) is 64.2 Å². The highest BCUT2D eigenvalue weighted by Crippen LogP contribution is 2.24. The molecule has 5 nitrogen and oxygen atoms in total. The average Bonchev–Trinajstić information content (AvgIpc) is 2.82. The minimum Gasteiger partial charge on any atom is -0.481 e. The smallest absolute Gasteiger partial charge is 0.309 e. The van der Waals surface area contributed by atoms with Gasteiger partial charge in [-0.15, -0.1) is 0 Å². The Balaban J connectivity index is 2.21. The van der Waals surface area contributed by atoms with Gasteiger partial charge in [-0.2, -0.15) is 0 Å². The third-order valence-electron chi connectivity index (χ3n) is 6.68. The molecule has 1 rings (SSSR count). The van der Waals surface area contributed by atoms with Crippen LogP contribution in [-0.4, -0.2) is 41.3 Å². The van der Waals surface area contributed by atoms with Crippen molar-refractivity contribution in [2.75, 3.05) is 6.61 Å². The standard InChI is InChI=1S/C29H52O5/c1-3-5-6-7-8-9-10-11-12-13-14-15-16-17-18-21-25(34-28-22-19-20-23-33-28)24-27(30)26(4-2)29(31)32/h8-9,11-12,25-28,30H,3-7,10,13-24H2,1-2H3,(H,31,32)/b9-8-,12-11-. The number of aliphatic hydroxyl groups excluding tert-OH is 1. The molecule has 1 saturated heterocycles. The van der Waals surface area contributed by atoms with Crippen LogP contribution in [0, 0.1) is 5.92 Å². The number of carboxylic acid groups (broad SMARTS) is 1. The number of ether oxygens (including phenoxy) is 2. The molecule has 1 aliphatic heterocycles. The molecule has 0 aromatic rings. The van der Waals surface area contributed by atoms with Crippen molar-refractivity contribution in [1.82, 2.24) is 0 Å². The van der Waals surface area contributed by atoms with E-state index >= 15 is 0 Å². The van der Waals surface area contributed by atoms with Gasteiger partial charge in [-0.25, -0.2) is 0 Å². The van der Waals surface area contributed by atoms with Crippen molar-refractivity contribution in [2.24, 2.45) is 5.92 Å². The number of carbonyl (C=O) groups is 1. The van der Waals surface area contributed by atoms with Crippen molar-refractivity contribution >= 4 is 5.97 Å². The lowest BCUT2D eigenvalue weighted by Crippen LogP contribution is -2.35. The highest BCUT2D eigenvalue weighted by atomic mass is 16.7. The van der Waals surface area contributed by atoms with E-state index in [-0.39, 0.29) is 12.4 Å². The van der Waals surface area contributed by atoms with E-state index in [0.29, 0.717) is 12.8 Å². The van der Waals surface area contributed by atoms with Gasteiger partial charge < -0.3 is 19.7 Å². The zero-order valence-electron chi connectivity index (χ0n) is 22.0. The van der Waals surface area contributed by atoms with Crippen molar-refractivity contribution in [3.63, 3.8) is 0 Å². The molecule has 5 heteroatoms. The van der Waals surface area contributed by atoms with Crippen LogP contribution in [0.4, 0.5) is 0 Å². The van der Waals surface area contributed by atoms with Crippen molar-refractivity contribution in [3.8, 4) is 0 Å². The van der Waals surface area contributed by atoms with Gasteiger partial charge in [0.15, 0.2) is 6.29 Å². The van der Waals surface area contributed by atoms with Crippen LogP contribution < -0.4 is 0 Å². The largest absolute Gasteiger partial charge is 0.481 e. The zero-order chi connectivity index (χ0) is 24.9. The molecule has 0 aromatic carbocycles. The molecule has 198 valence electrons. The maximum atomic E-state index is 11.4. The molecule has 0 bridgehead atoms. The summed E-state index contributed by atoms with van der Waals surface area (Å²) >= 11 is 0. The van der Waals surface area contributed by atoms with Crippen LogP contribution in [0.1, 0.15) is 123 Å². The fourth-order valence-electron chi connectivity index (χ4n) is 4.50. The van der Waals surface area contributed by atoms with Gasteiger partial charge in [-0.3, -0.25) is 4.79 Å². The van der Waals surface area contributed by atoms with E-state index in [1.54, 1.807) is 0 Å². The normalized spacial score (nSPS) is 19.6. The van der Waals surface area contributed by atoms with Crippen LogP contribution in [-0.2, 0) is 14.3 Å². The number of aliphatic carboxylic acids is 1. The molecular formula is C29H52O5. The lowest BCUT2D eigenvalue weighted by atomic mass is 9.93. The second kappa shape index (κ2) is 21.1. The van der Waals surface area contributed by atoms with Gasteiger partial charge in [0.2, 0.25) is 0 Å². The number of allylic oxidation sites excluding steroid dienone is 4. The molecule has 4 unspecified atom stereocenters. The molecule has 0 aromatic heterocycles. The summed E-state index contributed by atoms with van der Waals surface area (Å²) in [7, 11) is 0. The second-order valence-corrected chi connectivity index (χ2v) is 9.73. The Morgan fingerprint density at radius 3 is 2.26 bits per heavy atom. The molecule has 0 radical (unpaired) electrons. The molecule has 34 heavy (non-hydrogen) atoms. The number of hydrogen-bond donors (Lipinski definition) is 2. The predicted octanol–water partition coefficient (Wildman–Crippen LogP) is 7.57. The molecule has 1 aliphatic rings. The third-order valence-corrected chi connectivity index (χ3v) is 6.68. The Hall–Kier alpha value is -1.17. The molecule has 4 atom stereocenters. The lowest BCUT2D eigenvalue weighted by Gasteiger charge is -2.30. The molecule has 0 saturated carbocycles. The highest BCUT2D eigenvalue weighted by molar-refractivity contribution is 5.70. The van der Waals surface area contributed by atoms with E-state index < -0.39 is 18.0 Å². The Kier molecular flexibility index (Phi) is 19.2. The minimum atomic E-state index is -0.931. The Labute approximate surface area is 209 Å². The summed E-state index contributed by atoms with van der Waals surface area (Å²) in [5.41, 5.74) is 0. The third kappa shape index (κ3) is 15.7. The van der Waals surface area contributed by atoms with Crippen LogP contribution >= 0.6 is 0 Å². The predicted molar refractivity (Wildman–Crippen MR) is 140 cm³/mol. The van der Waals surface area contributed by atoms with Crippen LogP contribution in [0.3, 0.4) is 0 Å². The maximum absolute atomic E-state index is 11.4. The quantitative estimate of drug-likeness (QED) is 0.131. The highest BCUT2D eigenvalue weighted by Gasteiger charge is 2.29. The van der Waals surface area contributed by atoms with Crippen LogP contribution in [0.5, 0.6) is 0 Å². The molecule has 1 fully saturated rings. The first-order valence-corrected chi connectivity index (χ1v) is 14.1. The summed E-state index contributed by atoms with van der Waals surface area (Å²) in [6, 6.07) is 0. The SMILES string of the molecule is CCCCC/C=C\C/C=C\CCCCCCCC(CC(O)C(CC)C(=O)O)OC1CCCCO1. The summed E-state index contributed by atoms with van der Waals surface area (Å²) in [6.45, 7) is 4.77. The molecule has 0 spiro atoms. The summed E-state index contributed by atoms with van der Waals surface area (Å²) in [4.78, 5) is 11.4. The number of unbranched alkanes of at least 4 members (excludes halogenated alkanes) is 8.